The molecule has 0 fully saturated rings. The van der Waals surface area contributed by atoms with Crippen molar-refractivity contribution in [1.82, 2.24) is 9.55 Å². The third-order valence-corrected chi connectivity index (χ3v) is 6.25. The Bertz CT molecular complexity index is 1400. The molecule has 1 aromatic carbocycles. The summed E-state index contributed by atoms with van der Waals surface area (Å²) in [5.41, 5.74) is 1.81. The standard InChI is InChI=1S/C22H16N2O6/c1-2-22(28)13-7-15-18-11(8-24(15)20(26)12(13)9-30-21(22)27)10-5-6-29-19-16(25)4-3-14(23-18)17(10)19/h3-7,25,28H,2,8-9H2,1H3/t22-/m0/s1. The molecule has 3 aromatic rings. The summed E-state index contributed by atoms with van der Waals surface area (Å²) in [4.78, 5) is 30.3. The van der Waals surface area contributed by atoms with Gasteiger partial charge in [-0.15, -0.1) is 0 Å². The van der Waals surface area contributed by atoms with Crippen molar-refractivity contribution in [3.8, 4) is 22.9 Å². The Balaban J connectivity index is 1.69. The first-order chi connectivity index (χ1) is 14.4. The summed E-state index contributed by atoms with van der Waals surface area (Å²) in [6, 6.07) is 4.89. The van der Waals surface area contributed by atoms with Gasteiger partial charge in [0.1, 0.15) is 6.61 Å². The minimum absolute atomic E-state index is 0.0154. The molecule has 0 saturated carbocycles. The van der Waals surface area contributed by atoms with E-state index in [4.69, 9.17) is 14.5 Å². The SMILES string of the molecule is CC[C@@]1(O)C(=O)OCc2c1cc1n(c2=O)Cc2c-1nc1ccc(O)c3c1c2C=CO3. The van der Waals surface area contributed by atoms with Crippen molar-refractivity contribution in [1.29, 1.82) is 0 Å². The number of aromatic hydroxyl groups is 1. The number of rotatable bonds is 1. The third kappa shape index (κ3) is 1.91. The molecule has 5 heterocycles. The maximum Gasteiger partial charge on any atom is 0.343 e. The summed E-state index contributed by atoms with van der Waals surface area (Å²) in [5.74, 6) is -0.397. The van der Waals surface area contributed by atoms with Crippen molar-refractivity contribution >= 4 is 22.9 Å². The fourth-order valence-electron chi connectivity index (χ4n) is 4.64. The number of pyridine rings is 2. The molecule has 3 aliphatic heterocycles. The predicted octanol–water partition coefficient (Wildman–Crippen LogP) is 2.15. The molecule has 8 nitrogen and oxygen atoms in total. The molecule has 8 heteroatoms. The second-order valence-electron chi connectivity index (χ2n) is 7.68. The number of hydrogen-bond donors (Lipinski definition) is 2. The van der Waals surface area contributed by atoms with Gasteiger partial charge in [0.25, 0.3) is 5.56 Å². The summed E-state index contributed by atoms with van der Waals surface area (Å²) in [6.07, 6.45) is 3.38. The predicted molar refractivity (Wildman–Crippen MR) is 106 cm³/mol. The van der Waals surface area contributed by atoms with E-state index < -0.39 is 11.6 Å². The molecular weight excluding hydrogens is 388 g/mol. The molecule has 3 aliphatic rings. The van der Waals surface area contributed by atoms with Gasteiger partial charge in [0.15, 0.2) is 17.1 Å². The lowest BCUT2D eigenvalue weighted by molar-refractivity contribution is -0.172. The first-order valence-electron chi connectivity index (χ1n) is 9.63. The Morgan fingerprint density at radius 3 is 2.90 bits per heavy atom. The van der Waals surface area contributed by atoms with Crippen LogP contribution in [-0.2, 0) is 28.3 Å². The van der Waals surface area contributed by atoms with Crippen LogP contribution in [-0.4, -0.2) is 25.7 Å². The number of phenolic OH excluding ortho intramolecular Hbond substituents is 1. The molecule has 2 aromatic heterocycles. The first kappa shape index (κ1) is 17.2. The van der Waals surface area contributed by atoms with Crippen molar-refractivity contribution in [2.75, 3.05) is 0 Å². The van der Waals surface area contributed by atoms with Crippen LogP contribution in [0.25, 0.3) is 28.4 Å². The van der Waals surface area contributed by atoms with Gasteiger partial charge >= 0.3 is 5.97 Å². The number of carbonyl (C=O) groups excluding carboxylic acids is 1. The Morgan fingerprint density at radius 2 is 2.10 bits per heavy atom. The van der Waals surface area contributed by atoms with Crippen LogP contribution in [0.15, 0.2) is 29.3 Å². The number of benzene rings is 1. The first-order valence-corrected chi connectivity index (χ1v) is 9.63. The summed E-state index contributed by atoms with van der Waals surface area (Å²) in [5, 5.41) is 21.8. The van der Waals surface area contributed by atoms with Gasteiger partial charge in [-0.1, -0.05) is 6.92 Å². The van der Waals surface area contributed by atoms with Gasteiger partial charge < -0.3 is 24.3 Å². The largest absolute Gasteiger partial charge is 0.504 e. The summed E-state index contributed by atoms with van der Waals surface area (Å²) < 4.78 is 12.2. The molecule has 0 spiro atoms. The topological polar surface area (TPSA) is 111 Å². The minimum atomic E-state index is -1.86. The number of fused-ring (bicyclic) bond motifs is 5. The molecule has 0 saturated heterocycles. The minimum Gasteiger partial charge on any atom is -0.504 e. The highest BCUT2D eigenvalue weighted by atomic mass is 16.6. The molecule has 0 radical (unpaired) electrons. The van der Waals surface area contributed by atoms with Gasteiger partial charge in [0.2, 0.25) is 0 Å². The molecular formula is C22H16N2O6. The van der Waals surface area contributed by atoms with Crippen LogP contribution in [0.1, 0.15) is 35.6 Å². The summed E-state index contributed by atoms with van der Waals surface area (Å²) in [7, 11) is 0. The van der Waals surface area contributed by atoms with E-state index >= 15 is 0 Å². The second kappa shape index (κ2) is 5.48. The highest BCUT2D eigenvalue weighted by Crippen LogP contribution is 2.45. The van der Waals surface area contributed by atoms with E-state index in [1.165, 1.54) is 12.3 Å². The van der Waals surface area contributed by atoms with E-state index in [2.05, 4.69) is 0 Å². The summed E-state index contributed by atoms with van der Waals surface area (Å²) in [6.45, 7) is 1.79. The zero-order chi connectivity index (χ0) is 20.8. The van der Waals surface area contributed by atoms with Crippen LogP contribution >= 0.6 is 0 Å². The van der Waals surface area contributed by atoms with Gasteiger partial charge in [-0.2, -0.15) is 0 Å². The number of hydrogen-bond acceptors (Lipinski definition) is 7. The molecule has 0 unspecified atom stereocenters. The zero-order valence-corrected chi connectivity index (χ0v) is 15.9. The van der Waals surface area contributed by atoms with Crippen molar-refractivity contribution in [2.45, 2.75) is 32.1 Å². The van der Waals surface area contributed by atoms with Crippen LogP contribution in [0.5, 0.6) is 11.5 Å². The van der Waals surface area contributed by atoms with Crippen LogP contribution < -0.4 is 10.3 Å². The van der Waals surface area contributed by atoms with Crippen LogP contribution in [0.4, 0.5) is 0 Å². The van der Waals surface area contributed by atoms with Crippen LogP contribution in [0.2, 0.25) is 0 Å². The van der Waals surface area contributed by atoms with Crippen LogP contribution in [0.3, 0.4) is 0 Å². The molecule has 2 N–H and O–H groups in total. The van der Waals surface area contributed by atoms with Crippen molar-refractivity contribution in [2.24, 2.45) is 0 Å². The normalized spacial score (nSPS) is 20.4. The molecule has 6 rings (SSSR count). The number of aliphatic hydroxyl groups is 1. The van der Waals surface area contributed by atoms with Crippen molar-refractivity contribution in [3.05, 3.63) is 57.1 Å². The van der Waals surface area contributed by atoms with Crippen molar-refractivity contribution in [3.63, 3.8) is 0 Å². The zero-order valence-electron chi connectivity index (χ0n) is 15.9. The van der Waals surface area contributed by atoms with E-state index in [9.17, 15) is 19.8 Å². The fraction of sp³-hybridized carbons (Fsp3) is 0.227. The highest BCUT2D eigenvalue weighted by Gasteiger charge is 2.45. The molecule has 0 bridgehead atoms. The number of esters is 1. The van der Waals surface area contributed by atoms with Gasteiger partial charge in [0.05, 0.1) is 40.7 Å². The maximum atomic E-state index is 13.3. The van der Waals surface area contributed by atoms with E-state index in [-0.39, 0.29) is 42.0 Å². The molecule has 0 aliphatic carbocycles. The molecule has 150 valence electrons. The van der Waals surface area contributed by atoms with Gasteiger partial charge in [-0.25, -0.2) is 9.78 Å². The third-order valence-electron chi connectivity index (χ3n) is 6.25. The fourth-order valence-corrected chi connectivity index (χ4v) is 4.64. The molecule has 0 amide bonds. The van der Waals surface area contributed by atoms with E-state index in [0.29, 0.717) is 28.0 Å². The number of carbonyl (C=O) groups is 1. The van der Waals surface area contributed by atoms with Crippen LogP contribution in [0, 0.1) is 0 Å². The van der Waals surface area contributed by atoms with Gasteiger partial charge in [-0.3, -0.25) is 4.79 Å². The Labute approximate surface area is 169 Å². The number of phenols is 1. The Morgan fingerprint density at radius 1 is 1.27 bits per heavy atom. The van der Waals surface area contributed by atoms with E-state index in [1.807, 2.05) is 0 Å². The van der Waals surface area contributed by atoms with E-state index in [1.54, 1.807) is 29.7 Å². The number of ether oxygens (including phenoxy) is 2. The van der Waals surface area contributed by atoms with Gasteiger partial charge in [-0.05, 0) is 36.3 Å². The highest BCUT2D eigenvalue weighted by molar-refractivity contribution is 6.00. The second-order valence-corrected chi connectivity index (χ2v) is 7.68. The number of nitrogens with zero attached hydrogens (tertiary/aromatic N) is 2. The average Bonchev–Trinajstić information content (AvgIpc) is 3.13. The van der Waals surface area contributed by atoms with E-state index in [0.717, 1.165) is 11.1 Å². The smallest absolute Gasteiger partial charge is 0.343 e. The number of cyclic esters (lactones) is 1. The maximum absolute atomic E-state index is 13.3. The molecule has 1 atom stereocenters. The summed E-state index contributed by atoms with van der Waals surface area (Å²) >= 11 is 0. The monoisotopic (exact) mass is 404 g/mol. The Kier molecular flexibility index (Phi) is 3.15. The quantitative estimate of drug-likeness (QED) is 0.468. The van der Waals surface area contributed by atoms with Gasteiger partial charge in [0, 0.05) is 11.1 Å². The molecule has 30 heavy (non-hydrogen) atoms. The number of aromatic nitrogens is 2. The Hall–Kier alpha value is -3.65. The lowest BCUT2D eigenvalue weighted by Crippen LogP contribution is -2.44. The lowest BCUT2D eigenvalue weighted by atomic mass is 9.86. The average molecular weight is 404 g/mol. The lowest BCUT2D eigenvalue weighted by Gasteiger charge is -2.31. The van der Waals surface area contributed by atoms with Crippen molar-refractivity contribution < 1.29 is 24.5 Å².